The van der Waals surface area contributed by atoms with E-state index in [4.69, 9.17) is 0 Å². The molecule has 3 heteroatoms. The van der Waals surface area contributed by atoms with Gasteiger partial charge < -0.3 is 9.88 Å². The van der Waals surface area contributed by atoms with Gasteiger partial charge in [-0.1, -0.05) is 0 Å². The zero-order chi connectivity index (χ0) is 10.3. The van der Waals surface area contributed by atoms with Crippen LogP contribution in [0.25, 0.3) is 0 Å². The standard InChI is InChI=1S/C12H19N3/c1-13-6-11-7-14-8-15(11)12(9-2-3-9)10-4-5-10/h7-10,12-13H,2-6H2,1H3. The minimum atomic E-state index is 0.760. The SMILES string of the molecule is CNCc1cncn1C(C1CC1)C1CC1. The third-order valence-corrected chi connectivity index (χ3v) is 3.64. The van der Waals surface area contributed by atoms with Gasteiger partial charge in [-0.3, -0.25) is 0 Å². The van der Waals surface area contributed by atoms with Crippen LogP contribution in [-0.4, -0.2) is 16.6 Å². The monoisotopic (exact) mass is 205 g/mol. The maximum Gasteiger partial charge on any atom is 0.0951 e. The molecular formula is C12H19N3. The van der Waals surface area contributed by atoms with Crippen molar-refractivity contribution in [2.24, 2.45) is 11.8 Å². The van der Waals surface area contributed by atoms with E-state index < -0.39 is 0 Å². The number of nitrogens with zero attached hydrogens (tertiary/aromatic N) is 2. The van der Waals surface area contributed by atoms with Crippen LogP contribution in [0.15, 0.2) is 12.5 Å². The van der Waals surface area contributed by atoms with Crippen LogP contribution in [0.5, 0.6) is 0 Å². The molecule has 1 aromatic rings. The molecule has 0 aliphatic heterocycles. The van der Waals surface area contributed by atoms with Crippen molar-refractivity contribution in [1.29, 1.82) is 0 Å². The van der Waals surface area contributed by atoms with Gasteiger partial charge in [0.2, 0.25) is 0 Å². The summed E-state index contributed by atoms with van der Waals surface area (Å²) in [4.78, 5) is 4.30. The molecule has 15 heavy (non-hydrogen) atoms. The molecule has 1 heterocycles. The molecule has 1 aromatic heterocycles. The summed E-state index contributed by atoms with van der Waals surface area (Å²) < 4.78 is 2.44. The smallest absolute Gasteiger partial charge is 0.0951 e. The van der Waals surface area contributed by atoms with Crippen LogP contribution >= 0.6 is 0 Å². The molecule has 2 fully saturated rings. The van der Waals surface area contributed by atoms with Crippen LogP contribution in [0, 0.1) is 11.8 Å². The van der Waals surface area contributed by atoms with E-state index >= 15 is 0 Å². The van der Waals surface area contributed by atoms with Crippen LogP contribution in [-0.2, 0) is 6.54 Å². The quantitative estimate of drug-likeness (QED) is 0.796. The Morgan fingerprint density at radius 2 is 2.07 bits per heavy atom. The predicted octanol–water partition coefficient (Wildman–Crippen LogP) is 1.96. The van der Waals surface area contributed by atoms with Gasteiger partial charge in [-0.2, -0.15) is 0 Å². The maximum absolute atomic E-state index is 4.30. The van der Waals surface area contributed by atoms with Crippen LogP contribution in [0.4, 0.5) is 0 Å². The maximum atomic E-state index is 4.30. The third-order valence-electron chi connectivity index (χ3n) is 3.64. The van der Waals surface area contributed by atoms with Gasteiger partial charge in [-0.25, -0.2) is 4.98 Å². The van der Waals surface area contributed by atoms with E-state index in [1.54, 1.807) is 0 Å². The Morgan fingerprint density at radius 1 is 1.40 bits per heavy atom. The molecule has 3 nitrogen and oxygen atoms in total. The second kappa shape index (κ2) is 3.63. The van der Waals surface area contributed by atoms with Crippen molar-refractivity contribution >= 4 is 0 Å². The lowest BCUT2D eigenvalue weighted by molar-refractivity contribution is 0.382. The average Bonchev–Trinajstić information content (AvgIpc) is 3.10. The topological polar surface area (TPSA) is 29.9 Å². The fourth-order valence-corrected chi connectivity index (χ4v) is 2.63. The molecule has 82 valence electrons. The van der Waals surface area contributed by atoms with E-state index in [1.807, 2.05) is 19.6 Å². The van der Waals surface area contributed by atoms with Crippen molar-refractivity contribution in [3.8, 4) is 0 Å². The van der Waals surface area contributed by atoms with Gasteiger partial charge in [-0.15, -0.1) is 0 Å². The molecule has 0 aromatic carbocycles. The van der Waals surface area contributed by atoms with E-state index in [0.29, 0.717) is 0 Å². The molecule has 0 unspecified atom stereocenters. The van der Waals surface area contributed by atoms with Crippen molar-refractivity contribution in [2.45, 2.75) is 38.3 Å². The Morgan fingerprint density at radius 3 is 2.60 bits per heavy atom. The van der Waals surface area contributed by atoms with Crippen molar-refractivity contribution in [3.63, 3.8) is 0 Å². The minimum Gasteiger partial charge on any atom is -0.330 e. The van der Waals surface area contributed by atoms with Gasteiger partial charge >= 0.3 is 0 Å². The highest BCUT2D eigenvalue weighted by molar-refractivity contribution is 5.05. The molecule has 2 aliphatic rings. The largest absolute Gasteiger partial charge is 0.330 e. The van der Waals surface area contributed by atoms with Gasteiger partial charge in [0.1, 0.15) is 0 Å². The molecule has 0 amide bonds. The lowest BCUT2D eigenvalue weighted by atomic mass is 10.1. The molecule has 0 saturated heterocycles. The summed E-state index contributed by atoms with van der Waals surface area (Å²) in [6.45, 7) is 0.940. The molecule has 0 bridgehead atoms. The molecular weight excluding hydrogens is 186 g/mol. The van der Waals surface area contributed by atoms with Gasteiger partial charge in [0, 0.05) is 18.8 Å². The zero-order valence-corrected chi connectivity index (χ0v) is 9.32. The van der Waals surface area contributed by atoms with E-state index in [-0.39, 0.29) is 0 Å². The first-order chi connectivity index (χ1) is 7.40. The van der Waals surface area contributed by atoms with Gasteiger partial charge in [0.25, 0.3) is 0 Å². The van der Waals surface area contributed by atoms with Gasteiger partial charge in [0.05, 0.1) is 12.0 Å². The average molecular weight is 205 g/mol. The van der Waals surface area contributed by atoms with Crippen molar-refractivity contribution in [1.82, 2.24) is 14.9 Å². The van der Waals surface area contributed by atoms with Gasteiger partial charge in [-0.05, 0) is 44.6 Å². The number of nitrogens with one attached hydrogen (secondary N) is 1. The fraction of sp³-hybridized carbons (Fsp3) is 0.750. The number of rotatable bonds is 5. The number of hydrogen-bond donors (Lipinski definition) is 1. The lowest BCUT2D eigenvalue weighted by Gasteiger charge is -2.20. The second-order valence-electron chi connectivity index (χ2n) is 4.99. The molecule has 1 N–H and O–H groups in total. The Labute approximate surface area is 90.9 Å². The van der Waals surface area contributed by atoms with Crippen molar-refractivity contribution in [2.75, 3.05) is 7.05 Å². The lowest BCUT2D eigenvalue weighted by Crippen LogP contribution is -2.18. The molecule has 0 radical (unpaired) electrons. The number of hydrogen-bond acceptors (Lipinski definition) is 2. The third kappa shape index (κ3) is 1.81. The molecule has 2 saturated carbocycles. The minimum absolute atomic E-state index is 0.760. The van der Waals surface area contributed by atoms with Gasteiger partial charge in [0.15, 0.2) is 0 Å². The van der Waals surface area contributed by atoms with Crippen LogP contribution in [0.2, 0.25) is 0 Å². The van der Waals surface area contributed by atoms with Crippen LogP contribution in [0.3, 0.4) is 0 Å². The number of imidazole rings is 1. The summed E-state index contributed by atoms with van der Waals surface area (Å²) in [5.41, 5.74) is 1.35. The Hall–Kier alpha value is -0.830. The van der Waals surface area contributed by atoms with E-state index in [0.717, 1.165) is 24.4 Å². The molecule has 2 aliphatic carbocycles. The fourth-order valence-electron chi connectivity index (χ4n) is 2.63. The summed E-state index contributed by atoms with van der Waals surface area (Å²) in [6, 6.07) is 0.760. The molecule has 0 atom stereocenters. The zero-order valence-electron chi connectivity index (χ0n) is 9.32. The Bertz CT molecular complexity index is 324. The summed E-state index contributed by atoms with van der Waals surface area (Å²) in [6.07, 6.45) is 9.76. The van der Waals surface area contributed by atoms with Crippen LogP contribution in [0.1, 0.15) is 37.4 Å². The molecule has 3 rings (SSSR count). The Balaban J connectivity index is 1.84. The van der Waals surface area contributed by atoms with Crippen LogP contribution < -0.4 is 5.32 Å². The summed E-state index contributed by atoms with van der Waals surface area (Å²) in [5, 5.41) is 3.22. The summed E-state index contributed by atoms with van der Waals surface area (Å²) >= 11 is 0. The highest BCUT2D eigenvalue weighted by atomic mass is 15.1. The first-order valence-corrected chi connectivity index (χ1v) is 6.05. The summed E-state index contributed by atoms with van der Waals surface area (Å²) in [7, 11) is 2.00. The normalized spacial score (nSPS) is 21.2. The summed E-state index contributed by atoms with van der Waals surface area (Å²) in [5.74, 6) is 1.89. The second-order valence-corrected chi connectivity index (χ2v) is 4.99. The van der Waals surface area contributed by atoms with E-state index in [2.05, 4.69) is 14.9 Å². The van der Waals surface area contributed by atoms with E-state index in [1.165, 1.54) is 31.4 Å². The predicted molar refractivity (Wildman–Crippen MR) is 59.5 cm³/mol. The van der Waals surface area contributed by atoms with Crippen molar-refractivity contribution in [3.05, 3.63) is 18.2 Å². The molecule has 0 spiro atoms. The van der Waals surface area contributed by atoms with E-state index in [9.17, 15) is 0 Å². The van der Waals surface area contributed by atoms with Crippen molar-refractivity contribution < 1.29 is 0 Å². The number of aromatic nitrogens is 2. The first kappa shape index (κ1) is 9.40. The Kier molecular flexibility index (Phi) is 2.28. The highest BCUT2D eigenvalue weighted by Gasteiger charge is 2.42. The first-order valence-electron chi connectivity index (χ1n) is 6.05. The highest BCUT2D eigenvalue weighted by Crippen LogP contribution is 2.52.